The van der Waals surface area contributed by atoms with Gasteiger partial charge in [-0.05, 0) is 71.3 Å². The molecule has 0 bridgehead atoms. The van der Waals surface area contributed by atoms with Gasteiger partial charge in [0.25, 0.3) is 0 Å². The fourth-order valence-electron chi connectivity index (χ4n) is 2.24. The molecule has 0 saturated heterocycles. The number of methoxy groups -OCH3 is 1. The standard InChI is InChI=1S/C18H18FIO4/c1-4-12-9-14(19)17(8-11(12)2)23-10-13-15(20)6-5-7-16(13)24-18(21)22-3/h5-9H,4,10H2,1-3H3. The molecule has 0 aliphatic heterocycles. The van der Waals surface area contributed by atoms with Crippen LogP contribution in [0.5, 0.6) is 11.5 Å². The number of hydrogen-bond acceptors (Lipinski definition) is 4. The zero-order valence-corrected chi connectivity index (χ0v) is 15.8. The summed E-state index contributed by atoms with van der Waals surface area (Å²) in [4.78, 5) is 11.3. The van der Waals surface area contributed by atoms with Gasteiger partial charge in [-0.3, -0.25) is 0 Å². The van der Waals surface area contributed by atoms with Gasteiger partial charge in [0.05, 0.1) is 7.11 Å². The molecule has 2 aromatic carbocycles. The second-order valence-corrected chi connectivity index (χ2v) is 6.29. The molecule has 0 spiro atoms. The van der Waals surface area contributed by atoms with Crippen LogP contribution in [0.2, 0.25) is 0 Å². The maximum Gasteiger partial charge on any atom is 0.513 e. The molecule has 0 saturated carbocycles. The zero-order valence-electron chi connectivity index (χ0n) is 13.7. The van der Waals surface area contributed by atoms with Gasteiger partial charge in [0.15, 0.2) is 11.6 Å². The van der Waals surface area contributed by atoms with Crippen LogP contribution in [0.3, 0.4) is 0 Å². The summed E-state index contributed by atoms with van der Waals surface area (Å²) < 4.78 is 30.2. The van der Waals surface area contributed by atoms with E-state index in [0.29, 0.717) is 11.3 Å². The molecular formula is C18H18FIO4. The van der Waals surface area contributed by atoms with Crippen molar-refractivity contribution in [3.8, 4) is 11.5 Å². The Morgan fingerprint density at radius 2 is 2.00 bits per heavy atom. The van der Waals surface area contributed by atoms with E-state index in [-0.39, 0.29) is 12.4 Å². The third-order valence-electron chi connectivity index (χ3n) is 3.58. The molecule has 0 aliphatic rings. The minimum absolute atomic E-state index is 0.0767. The quantitative estimate of drug-likeness (QED) is 0.369. The number of hydrogen-bond donors (Lipinski definition) is 0. The van der Waals surface area contributed by atoms with Crippen molar-refractivity contribution in [1.29, 1.82) is 0 Å². The van der Waals surface area contributed by atoms with E-state index >= 15 is 0 Å². The first-order valence-electron chi connectivity index (χ1n) is 7.41. The van der Waals surface area contributed by atoms with Gasteiger partial charge in [0, 0.05) is 9.13 Å². The van der Waals surface area contributed by atoms with Crippen molar-refractivity contribution in [2.24, 2.45) is 0 Å². The summed E-state index contributed by atoms with van der Waals surface area (Å²) in [6.45, 7) is 3.97. The second kappa shape index (κ2) is 8.32. The zero-order chi connectivity index (χ0) is 17.7. The fourth-order valence-corrected chi connectivity index (χ4v) is 2.87. The van der Waals surface area contributed by atoms with Crippen LogP contribution in [0.1, 0.15) is 23.6 Å². The van der Waals surface area contributed by atoms with E-state index in [0.717, 1.165) is 21.1 Å². The molecule has 0 aromatic heterocycles. The number of halogens is 2. The lowest BCUT2D eigenvalue weighted by atomic mass is 10.1. The highest BCUT2D eigenvalue weighted by atomic mass is 127. The normalized spacial score (nSPS) is 10.4. The predicted octanol–water partition coefficient (Wildman–Crippen LogP) is 5.03. The SMILES string of the molecule is CCc1cc(F)c(OCc2c(I)cccc2OC(=O)OC)cc1C. The highest BCUT2D eigenvalue weighted by Gasteiger charge is 2.14. The Hall–Kier alpha value is -1.83. The lowest BCUT2D eigenvalue weighted by Crippen LogP contribution is -2.11. The summed E-state index contributed by atoms with van der Waals surface area (Å²) >= 11 is 2.11. The van der Waals surface area contributed by atoms with Gasteiger partial charge in [-0.1, -0.05) is 13.0 Å². The van der Waals surface area contributed by atoms with E-state index in [1.807, 2.05) is 19.9 Å². The number of carbonyl (C=O) groups is 1. The number of rotatable bonds is 5. The molecule has 128 valence electrons. The van der Waals surface area contributed by atoms with Crippen molar-refractivity contribution < 1.29 is 23.4 Å². The predicted molar refractivity (Wildman–Crippen MR) is 97.0 cm³/mol. The van der Waals surface area contributed by atoms with E-state index < -0.39 is 12.0 Å². The molecule has 2 rings (SSSR count). The molecule has 0 N–H and O–H groups in total. The highest BCUT2D eigenvalue weighted by molar-refractivity contribution is 14.1. The number of aryl methyl sites for hydroxylation is 2. The van der Waals surface area contributed by atoms with E-state index in [4.69, 9.17) is 9.47 Å². The Kier molecular flexibility index (Phi) is 6.42. The molecule has 0 amide bonds. The summed E-state index contributed by atoms with van der Waals surface area (Å²) in [5.74, 6) is 0.100. The molecule has 0 radical (unpaired) electrons. The van der Waals surface area contributed by atoms with Gasteiger partial charge in [0.1, 0.15) is 12.4 Å². The lowest BCUT2D eigenvalue weighted by Gasteiger charge is -2.14. The maximum absolute atomic E-state index is 14.2. The molecule has 0 unspecified atom stereocenters. The van der Waals surface area contributed by atoms with Crippen molar-refractivity contribution in [1.82, 2.24) is 0 Å². The highest BCUT2D eigenvalue weighted by Crippen LogP contribution is 2.28. The molecule has 6 heteroatoms. The van der Waals surface area contributed by atoms with E-state index in [1.54, 1.807) is 18.2 Å². The number of benzene rings is 2. The second-order valence-electron chi connectivity index (χ2n) is 5.12. The average molecular weight is 444 g/mol. The van der Waals surface area contributed by atoms with Gasteiger partial charge < -0.3 is 14.2 Å². The molecule has 0 heterocycles. The first-order chi connectivity index (χ1) is 11.5. The first kappa shape index (κ1) is 18.5. The van der Waals surface area contributed by atoms with Crippen molar-refractivity contribution in [2.45, 2.75) is 26.9 Å². The minimum Gasteiger partial charge on any atom is -0.486 e. The molecule has 2 aromatic rings. The van der Waals surface area contributed by atoms with Crippen LogP contribution in [0.4, 0.5) is 9.18 Å². The molecule has 0 atom stereocenters. The Morgan fingerprint density at radius 3 is 2.67 bits per heavy atom. The average Bonchev–Trinajstić information content (AvgIpc) is 2.56. The largest absolute Gasteiger partial charge is 0.513 e. The van der Waals surface area contributed by atoms with Crippen LogP contribution >= 0.6 is 22.6 Å². The first-order valence-corrected chi connectivity index (χ1v) is 8.49. The Balaban J connectivity index is 2.23. The summed E-state index contributed by atoms with van der Waals surface area (Å²) in [6, 6.07) is 8.42. The van der Waals surface area contributed by atoms with Crippen molar-refractivity contribution in [3.05, 3.63) is 56.4 Å². The van der Waals surface area contributed by atoms with Gasteiger partial charge in [-0.2, -0.15) is 0 Å². The summed E-state index contributed by atoms with van der Waals surface area (Å²) in [6.07, 6.45) is -0.0518. The van der Waals surface area contributed by atoms with Crippen LogP contribution in [0.25, 0.3) is 0 Å². The van der Waals surface area contributed by atoms with Crippen molar-refractivity contribution in [2.75, 3.05) is 7.11 Å². The van der Waals surface area contributed by atoms with Crippen LogP contribution in [-0.4, -0.2) is 13.3 Å². The number of carbonyl (C=O) groups excluding carboxylic acids is 1. The molecule has 0 fully saturated rings. The third-order valence-corrected chi connectivity index (χ3v) is 4.59. The van der Waals surface area contributed by atoms with Crippen LogP contribution < -0.4 is 9.47 Å². The monoisotopic (exact) mass is 444 g/mol. The van der Waals surface area contributed by atoms with Crippen LogP contribution in [0.15, 0.2) is 30.3 Å². The summed E-state index contributed by atoms with van der Waals surface area (Å²) in [7, 11) is 1.24. The Bertz CT molecular complexity index is 746. The topological polar surface area (TPSA) is 44.8 Å². The van der Waals surface area contributed by atoms with Gasteiger partial charge >= 0.3 is 6.16 Å². The van der Waals surface area contributed by atoms with Crippen LogP contribution in [-0.2, 0) is 17.8 Å². The number of ether oxygens (including phenoxy) is 3. The molecule has 24 heavy (non-hydrogen) atoms. The Morgan fingerprint density at radius 1 is 1.25 bits per heavy atom. The van der Waals surface area contributed by atoms with Gasteiger partial charge in [0.2, 0.25) is 0 Å². The molecular weight excluding hydrogens is 426 g/mol. The van der Waals surface area contributed by atoms with Gasteiger partial charge in [-0.15, -0.1) is 0 Å². The lowest BCUT2D eigenvalue weighted by molar-refractivity contribution is 0.120. The minimum atomic E-state index is -0.812. The fraction of sp³-hybridized carbons (Fsp3) is 0.278. The summed E-state index contributed by atoms with van der Waals surface area (Å²) in [5, 5.41) is 0. The van der Waals surface area contributed by atoms with E-state index in [9.17, 15) is 9.18 Å². The van der Waals surface area contributed by atoms with Gasteiger partial charge in [-0.25, -0.2) is 9.18 Å². The smallest absolute Gasteiger partial charge is 0.486 e. The van der Waals surface area contributed by atoms with Crippen molar-refractivity contribution in [3.63, 3.8) is 0 Å². The van der Waals surface area contributed by atoms with E-state index in [1.165, 1.54) is 13.2 Å². The van der Waals surface area contributed by atoms with Crippen LogP contribution in [0, 0.1) is 16.3 Å². The maximum atomic E-state index is 14.2. The van der Waals surface area contributed by atoms with Crippen molar-refractivity contribution >= 4 is 28.7 Å². The molecule has 4 nitrogen and oxygen atoms in total. The molecule has 0 aliphatic carbocycles. The third kappa shape index (κ3) is 4.37. The van der Waals surface area contributed by atoms with E-state index in [2.05, 4.69) is 27.3 Å². The summed E-state index contributed by atoms with van der Waals surface area (Å²) in [5.41, 5.74) is 2.58. The Labute approximate surface area is 154 Å².